The summed E-state index contributed by atoms with van der Waals surface area (Å²) < 4.78 is 6.82. The van der Waals surface area contributed by atoms with Gasteiger partial charge in [0.2, 0.25) is 0 Å². The molecule has 144 valence electrons. The maximum atomic E-state index is 12.3. The molecule has 0 radical (unpaired) electrons. The number of hydrogen-bond acceptors (Lipinski definition) is 4. The van der Waals surface area contributed by atoms with E-state index in [1.807, 2.05) is 37.2 Å². The van der Waals surface area contributed by atoms with Crippen molar-refractivity contribution in [2.75, 3.05) is 32.8 Å². The van der Waals surface area contributed by atoms with Gasteiger partial charge in [0.15, 0.2) is 0 Å². The van der Waals surface area contributed by atoms with Crippen LogP contribution in [0.2, 0.25) is 0 Å². The summed E-state index contributed by atoms with van der Waals surface area (Å²) in [7, 11) is 1.82. The third kappa shape index (κ3) is 4.29. The van der Waals surface area contributed by atoms with E-state index in [9.17, 15) is 9.59 Å². The second-order valence-corrected chi connectivity index (χ2v) is 7.46. The van der Waals surface area contributed by atoms with E-state index >= 15 is 0 Å². The van der Waals surface area contributed by atoms with Gasteiger partial charge in [-0.15, -0.1) is 0 Å². The first-order valence-corrected chi connectivity index (χ1v) is 9.91. The lowest BCUT2D eigenvalue weighted by Crippen LogP contribution is -2.42. The highest BCUT2D eigenvalue weighted by atomic mass is 16.6. The van der Waals surface area contributed by atoms with Crippen LogP contribution >= 0.6 is 0 Å². The minimum absolute atomic E-state index is 0.144. The topological polar surface area (TPSA) is 54.8 Å². The summed E-state index contributed by atoms with van der Waals surface area (Å²) in [6.45, 7) is 5.93. The zero-order valence-electron chi connectivity index (χ0n) is 16.0. The van der Waals surface area contributed by atoms with Crippen molar-refractivity contribution in [2.24, 2.45) is 7.05 Å². The first kappa shape index (κ1) is 19.0. The Labute approximate surface area is 155 Å². The summed E-state index contributed by atoms with van der Waals surface area (Å²) in [5.74, 6) is 0.368. The number of rotatable bonds is 3. The van der Waals surface area contributed by atoms with Crippen molar-refractivity contribution >= 4 is 6.09 Å². The van der Waals surface area contributed by atoms with Gasteiger partial charge in [-0.05, 0) is 64.1 Å². The first-order valence-electron chi connectivity index (χ1n) is 9.91. The Hall–Kier alpha value is -1.82. The summed E-state index contributed by atoms with van der Waals surface area (Å²) in [6, 6.07) is 4.50. The highest BCUT2D eigenvalue weighted by Crippen LogP contribution is 2.29. The minimum atomic E-state index is -0.174. The standard InChI is InChI=1S/C20H31N3O3/c1-3-26-20(25)23-12-4-6-17(10-15-23)22-13-8-16(9-14-22)18-7-5-11-21(2)19(18)24/h5,7,11,16-17H,3-4,6,8-10,12-15H2,1-2H3. The van der Waals surface area contributed by atoms with Crippen molar-refractivity contribution in [3.05, 3.63) is 34.2 Å². The smallest absolute Gasteiger partial charge is 0.409 e. The monoisotopic (exact) mass is 361 g/mol. The lowest BCUT2D eigenvalue weighted by Gasteiger charge is -2.37. The molecule has 2 aliphatic heterocycles. The van der Waals surface area contributed by atoms with Gasteiger partial charge in [0, 0.05) is 37.9 Å². The zero-order chi connectivity index (χ0) is 18.5. The van der Waals surface area contributed by atoms with Crippen LogP contribution in [-0.2, 0) is 11.8 Å². The van der Waals surface area contributed by atoms with Crippen LogP contribution in [0.4, 0.5) is 4.79 Å². The Morgan fingerprint density at radius 3 is 2.65 bits per heavy atom. The van der Waals surface area contributed by atoms with Gasteiger partial charge in [-0.25, -0.2) is 4.79 Å². The van der Waals surface area contributed by atoms with E-state index in [1.54, 1.807) is 4.57 Å². The van der Waals surface area contributed by atoms with Crippen LogP contribution in [0.3, 0.4) is 0 Å². The number of aromatic nitrogens is 1. The Morgan fingerprint density at radius 1 is 1.15 bits per heavy atom. The molecule has 3 rings (SSSR count). The molecule has 1 unspecified atom stereocenters. The van der Waals surface area contributed by atoms with Crippen molar-refractivity contribution in [3.63, 3.8) is 0 Å². The quantitative estimate of drug-likeness (QED) is 0.830. The maximum Gasteiger partial charge on any atom is 0.409 e. The molecular formula is C20H31N3O3. The summed E-state index contributed by atoms with van der Waals surface area (Å²) in [6.07, 6.45) is 6.90. The molecule has 2 fully saturated rings. The molecule has 26 heavy (non-hydrogen) atoms. The van der Waals surface area contributed by atoms with Crippen molar-refractivity contribution in [1.82, 2.24) is 14.4 Å². The van der Waals surface area contributed by atoms with Crippen LogP contribution in [0.15, 0.2) is 23.1 Å². The molecule has 1 atom stereocenters. The van der Waals surface area contributed by atoms with Gasteiger partial charge in [-0.1, -0.05) is 6.07 Å². The molecule has 0 aliphatic carbocycles. The Bertz CT molecular complexity index is 665. The molecule has 0 saturated carbocycles. The highest BCUT2D eigenvalue weighted by molar-refractivity contribution is 5.67. The van der Waals surface area contributed by atoms with Gasteiger partial charge in [0.05, 0.1) is 6.61 Å². The Balaban J connectivity index is 1.54. The third-order valence-electron chi connectivity index (χ3n) is 5.86. The van der Waals surface area contributed by atoms with Crippen LogP contribution < -0.4 is 5.56 Å². The van der Waals surface area contributed by atoms with Crippen LogP contribution in [0.25, 0.3) is 0 Å². The fourth-order valence-corrected chi connectivity index (χ4v) is 4.35. The van der Waals surface area contributed by atoms with Gasteiger partial charge >= 0.3 is 6.09 Å². The van der Waals surface area contributed by atoms with E-state index < -0.39 is 0 Å². The van der Waals surface area contributed by atoms with E-state index in [-0.39, 0.29) is 11.7 Å². The van der Waals surface area contributed by atoms with Gasteiger partial charge in [0.1, 0.15) is 0 Å². The predicted octanol–water partition coefficient (Wildman–Crippen LogP) is 2.58. The Kier molecular flexibility index (Phi) is 6.35. The molecule has 2 aliphatic rings. The lowest BCUT2D eigenvalue weighted by atomic mass is 9.89. The van der Waals surface area contributed by atoms with Crippen LogP contribution in [0.1, 0.15) is 50.5 Å². The maximum absolute atomic E-state index is 12.3. The second kappa shape index (κ2) is 8.71. The Morgan fingerprint density at radius 2 is 1.92 bits per heavy atom. The molecule has 6 heteroatoms. The van der Waals surface area contributed by atoms with Gasteiger partial charge in [-0.3, -0.25) is 4.79 Å². The number of piperidine rings is 1. The number of carbonyl (C=O) groups is 1. The van der Waals surface area contributed by atoms with Crippen LogP contribution in [-0.4, -0.2) is 59.3 Å². The lowest BCUT2D eigenvalue weighted by molar-refractivity contribution is 0.105. The van der Waals surface area contributed by atoms with Crippen LogP contribution in [0, 0.1) is 0 Å². The van der Waals surface area contributed by atoms with Crippen molar-refractivity contribution < 1.29 is 9.53 Å². The third-order valence-corrected chi connectivity index (χ3v) is 5.86. The molecule has 1 aromatic heterocycles. The summed E-state index contributed by atoms with van der Waals surface area (Å²) in [4.78, 5) is 28.7. The number of amides is 1. The average Bonchev–Trinajstić information content (AvgIpc) is 2.91. The molecule has 0 bridgehead atoms. The van der Waals surface area contributed by atoms with Gasteiger partial charge in [0.25, 0.3) is 5.56 Å². The number of aryl methyl sites for hydroxylation is 1. The fourth-order valence-electron chi connectivity index (χ4n) is 4.35. The molecule has 1 amide bonds. The van der Waals surface area contributed by atoms with Gasteiger partial charge in [-0.2, -0.15) is 0 Å². The number of hydrogen-bond donors (Lipinski definition) is 0. The number of likely N-dealkylation sites (tertiary alicyclic amines) is 2. The summed E-state index contributed by atoms with van der Waals surface area (Å²) >= 11 is 0. The summed E-state index contributed by atoms with van der Waals surface area (Å²) in [5, 5.41) is 0. The summed E-state index contributed by atoms with van der Waals surface area (Å²) in [5.41, 5.74) is 1.11. The molecule has 0 aromatic carbocycles. The molecule has 3 heterocycles. The fraction of sp³-hybridized carbons (Fsp3) is 0.700. The van der Waals surface area contributed by atoms with E-state index in [4.69, 9.17) is 4.74 Å². The van der Waals surface area contributed by atoms with E-state index in [1.165, 1.54) is 0 Å². The van der Waals surface area contributed by atoms with E-state index in [0.29, 0.717) is 18.6 Å². The molecule has 1 aromatic rings. The molecule has 0 spiro atoms. The molecule has 6 nitrogen and oxygen atoms in total. The molecule has 2 saturated heterocycles. The second-order valence-electron chi connectivity index (χ2n) is 7.46. The van der Waals surface area contributed by atoms with Gasteiger partial charge < -0.3 is 19.1 Å². The van der Waals surface area contributed by atoms with E-state index in [0.717, 1.165) is 63.8 Å². The van der Waals surface area contributed by atoms with Crippen molar-refractivity contribution in [2.45, 2.75) is 51.0 Å². The normalized spacial score (nSPS) is 22.8. The highest BCUT2D eigenvalue weighted by Gasteiger charge is 2.29. The van der Waals surface area contributed by atoms with E-state index in [2.05, 4.69) is 4.90 Å². The predicted molar refractivity (Wildman–Crippen MR) is 101 cm³/mol. The number of carbonyl (C=O) groups excluding carboxylic acids is 1. The number of ether oxygens (including phenoxy) is 1. The number of pyridine rings is 1. The van der Waals surface area contributed by atoms with Crippen molar-refractivity contribution in [3.8, 4) is 0 Å². The molecular weight excluding hydrogens is 330 g/mol. The minimum Gasteiger partial charge on any atom is -0.450 e. The molecule has 0 N–H and O–H groups in total. The first-order chi connectivity index (χ1) is 12.6. The largest absolute Gasteiger partial charge is 0.450 e. The SMILES string of the molecule is CCOC(=O)N1CCCC(N2CCC(c3cccn(C)c3=O)CC2)CC1. The zero-order valence-corrected chi connectivity index (χ0v) is 16.0. The van der Waals surface area contributed by atoms with Crippen molar-refractivity contribution in [1.29, 1.82) is 0 Å². The van der Waals surface area contributed by atoms with Crippen LogP contribution in [0.5, 0.6) is 0 Å². The average molecular weight is 361 g/mol. The number of nitrogens with zero attached hydrogens (tertiary/aromatic N) is 3.